The molecule has 0 radical (unpaired) electrons. The standard InChI is InChI=1S/C98H73F4N5O2/c1-3-68-10-14-70(15-11-68)64-108-66-72-18-38-83(39-19-72)103(89-50-30-78(99)31-51-89)85-42-22-74(23-43-85)76-26-46-87(47-27-76)105(91-54-34-80(101)35-55-91)93-58-60-97-95(62-93)96-63-94(59-61-98(96)107(97)82-8-6-5-7-9-82)106(92-56-36-81(102)37-57-92)88-48-28-77(29-49-88)75-24-44-86(45-25-75)104(90-52-32-79(100)33-53-90)84-40-20-73(21-41-84)67-109-65-71-16-12-69(4-2)13-17-71/h3-63H,1-2,64-67H2. The van der Waals surface area contributed by atoms with E-state index in [1.54, 1.807) is 48.5 Å². The van der Waals surface area contributed by atoms with Gasteiger partial charge in [-0.1, -0.05) is 165 Å². The molecule has 16 rings (SSSR count). The first kappa shape index (κ1) is 69.8. The molecule has 0 aliphatic heterocycles. The summed E-state index contributed by atoms with van der Waals surface area (Å²) in [5, 5.41) is 1.95. The fourth-order valence-corrected chi connectivity index (χ4v) is 14.0. The second kappa shape index (κ2) is 31.6. The molecule has 0 unspecified atom stereocenters. The molecule has 530 valence electrons. The van der Waals surface area contributed by atoms with Crippen LogP contribution in [-0.2, 0) is 35.9 Å². The number of ether oxygens (including phenoxy) is 2. The fraction of sp³-hybridized carbons (Fsp3) is 0.0408. The molecule has 0 saturated heterocycles. The van der Waals surface area contributed by atoms with Crippen LogP contribution in [0.25, 0.3) is 61.9 Å². The van der Waals surface area contributed by atoms with Crippen molar-refractivity contribution < 1.29 is 27.0 Å². The van der Waals surface area contributed by atoms with E-state index in [4.69, 9.17) is 9.47 Å². The van der Waals surface area contributed by atoms with Gasteiger partial charge in [0.1, 0.15) is 23.3 Å². The zero-order valence-electron chi connectivity index (χ0n) is 59.5. The molecule has 0 spiro atoms. The first-order valence-electron chi connectivity index (χ1n) is 36.1. The van der Waals surface area contributed by atoms with Crippen LogP contribution in [0, 0.1) is 23.3 Å². The smallest absolute Gasteiger partial charge is 0.123 e. The zero-order valence-corrected chi connectivity index (χ0v) is 59.5. The average Bonchev–Trinajstić information content (AvgIpc) is 1.58. The molecule has 11 heteroatoms. The quantitative estimate of drug-likeness (QED) is 0.0531. The van der Waals surface area contributed by atoms with Gasteiger partial charge in [0, 0.05) is 84.7 Å². The number of hydrogen-bond donors (Lipinski definition) is 0. The molecule has 0 atom stereocenters. The van der Waals surface area contributed by atoms with E-state index in [-0.39, 0.29) is 23.3 Å². The van der Waals surface area contributed by atoms with Crippen LogP contribution in [0.4, 0.5) is 85.8 Å². The highest BCUT2D eigenvalue weighted by atomic mass is 19.1. The van der Waals surface area contributed by atoms with Crippen molar-refractivity contribution >= 4 is 102 Å². The maximum absolute atomic E-state index is 15.0. The number of rotatable bonds is 25. The van der Waals surface area contributed by atoms with Gasteiger partial charge < -0.3 is 33.6 Å². The molecule has 7 nitrogen and oxygen atoms in total. The molecule has 15 aromatic carbocycles. The largest absolute Gasteiger partial charge is 0.372 e. The Morgan fingerprint density at radius 2 is 0.468 bits per heavy atom. The van der Waals surface area contributed by atoms with E-state index in [9.17, 15) is 17.6 Å². The van der Waals surface area contributed by atoms with Gasteiger partial charge in [0.2, 0.25) is 0 Å². The van der Waals surface area contributed by atoms with E-state index >= 15 is 0 Å². The summed E-state index contributed by atoms with van der Waals surface area (Å²) in [6.45, 7) is 9.55. The molecule has 109 heavy (non-hydrogen) atoms. The number of aromatic nitrogens is 1. The number of fused-ring (bicyclic) bond motifs is 3. The second-order valence-electron chi connectivity index (χ2n) is 26.7. The minimum atomic E-state index is -0.344. The summed E-state index contributed by atoms with van der Waals surface area (Å²) >= 11 is 0. The van der Waals surface area contributed by atoms with Crippen LogP contribution in [0.15, 0.2) is 371 Å². The minimum absolute atomic E-state index is 0.315. The van der Waals surface area contributed by atoms with Gasteiger partial charge in [-0.15, -0.1) is 0 Å². The Labute approximate surface area is 631 Å². The SMILES string of the molecule is C=Cc1ccc(COCc2ccc(N(c3ccc(F)cc3)c3ccc(-c4ccc(N(c5ccc(F)cc5)c5ccc6c(c5)c5cc(N(c7ccc(F)cc7)c7ccc(-c8ccc(N(c9ccc(F)cc9)c9ccc(COCc%10ccc(C=C)cc%10)cc9)cc8)cc7)ccc5n6-c5ccccc5)cc4)cc3)cc2)cc1. The summed E-state index contributed by atoms with van der Waals surface area (Å²) in [5.41, 5.74) is 23.4. The monoisotopic (exact) mass is 1430 g/mol. The van der Waals surface area contributed by atoms with Gasteiger partial charge in [-0.3, -0.25) is 0 Å². The number of halogens is 4. The molecule has 0 fully saturated rings. The summed E-state index contributed by atoms with van der Waals surface area (Å²) < 4.78 is 73.2. The first-order valence-corrected chi connectivity index (χ1v) is 36.1. The number of hydrogen-bond acceptors (Lipinski definition) is 6. The predicted molar refractivity (Wildman–Crippen MR) is 440 cm³/mol. The lowest BCUT2D eigenvalue weighted by Gasteiger charge is -2.27. The molecule has 0 bridgehead atoms. The predicted octanol–water partition coefficient (Wildman–Crippen LogP) is 27.3. The fourth-order valence-electron chi connectivity index (χ4n) is 14.0. The van der Waals surface area contributed by atoms with Gasteiger partial charge in [0.05, 0.1) is 37.5 Å². The molecule has 0 amide bonds. The van der Waals surface area contributed by atoms with E-state index in [1.807, 2.05) is 78.9 Å². The van der Waals surface area contributed by atoms with Crippen LogP contribution in [-0.4, -0.2) is 4.57 Å². The molecule has 1 heterocycles. The Morgan fingerprint density at radius 1 is 0.248 bits per heavy atom. The highest BCUT2D eigenvalue weighted by Gasteiger charge is 2.23. The Morgan fingerprint density at radius 3 is 0.725 bits per heavy atom. The summed E-state index contributed by atoms with van der Waals surface area (Å²) in [4.78, 5) is 8.50. The third-order valence-corrected chi connectivity index (χ3v) is 19.7. The molecule has 0 N–H and O–H groups in total. The number of nitrogens with zero attached hydrogens (tertiary/aromatic N) is 5. The third kappa shape index (κ3) is 15.5. The molecular formula is C98H73F4N5O2. The summed E-state index contributed by atoms with van der Waals surface area (Å²) in [6, 6.07) is 116. The van der Waals surface area contributed by atoms with E-state index in [2.05, 4.69) is 231 Å². The van der Waals surface area contributed by atoms with E-state index in [0.717, 1.165) is 151 Å². The van der Waals surface area contributed by atoms with Crippen molar-refractivity contribution in [2.75, 3.05) is 19.6 Å². The number of benzene rings is 15. The van der Waals surface area contributed by atoms with Gasteiger partial charge in [0.15, 0.2) is 0 Å². The van der Waals surface area contributed by atoms with Gasteiger partial charge >= 0.3 is 0 Å². The Hall–Kier alpha value is -13.6. The Kier molecular flexibility index (Phi) is 20.2. The molecular weight excluding hydrogens is 1360 g/mol. The van der Waals surface area contributed by atoms with E-state index in [0.29, 0.717) is 26.4 Å². The van der Waals surface area contributed by atoms with E-state index < -0.39 is 0 Å². The topological polar surface area (TPSA) is 36.4 Å². The van der Waals surface area contributed by atoms with Gasteiger partial charge in [0.25, 0.3) is 0 Å². The van der Waals surface area contributed by atoms with Crippen LogP contribution >= 0.6 is 0 Å². The van der Waals surface area contributed by atoms with Gasteiger partial charge in [-0.2, -0.15) is 0 Å². The highest BCUT2D eigenvalue weighted by Crippen LogP contribution is 2.45. The normalized spacial score (nSPS) is 11.2. The van der Waals surface area contributed by atoms with Crippen LogP contribution in [0.5, 0.6) is 0 Å². The van der Waals surface area contributed by atoms with Crippen molar-refractivity contribution in [1.82, 2.24) is 4.57 Å². The summed E-state index contributed by atoms with van der Waals surface area (Å²) in [5.74, 6) is -1.32. The molecule has 0 aliphatic rings. The lowest BCUT2D eigenvalue weighted by Crippen LogP contribution is -2.10. The van der Waals surface area contributed by atoms with Gasteiger partial charge in [-0.25, -0.2) is 17.6 Å². The number of anilines is 12. The number of para-hydroxylation sites is 1. The second-order valence-corrected chi connectivity index (χ2v) is 26.7. The van der Waals surface area contributed by atoms with Crippen molar-refractivity contribution in [3.05, 3.63) is 428 Å². The third-order valence-electron chi connectivity index (χ3n) is 19.7. The molecule has 16 aromatic rings. The van der Waals surface area contributed by atoms with E-state index in [1.165, 1.54) is 48.5 Å². The van der Waals surface area contributed by atoms with Crippen molar-refractivity contribution in [3.8, 4) is 27.9 Å². The summed E-state index contributed by atoms with van der Waals surface area (Å²) in [6.07, 6.45) is 3.65. The average molecular weight is 1430 g/mol. The Bertz CT molecular complexity index is 5460. The van der Waals surface area contributed by atoms with Crippen LogP contribution in [0.1, 0.15) is 33.4 Å². The molecule has 0 saturated carbocycles. The molecule has 1 aromatic heterocycles. The molecule has 0 aliphatic carbocycles. The first-order chi connectivity index (χ1) is 53.5. The zero-order chi connectivity index (χ0) is 74.2. The maximum Gasteiger partial charge on any atom is 0.123 e. The van der Waals surface area contributed by atoms with Crippen LogP contribution < -0.4 is 19.6 Å². The highest BCUT2D eigenvalue weighted by molar-refractivity contribution is 6.12. The van der Waals surface area contributed by atoms with Crippen molar-refractivity contribution in [2.45, 2.75) is 26.4 Å². The minimum Gasteiger partial charge on any atom is -0.372 e. The van der Waals surface area contributed by atoms with Crippen molar-refractivity contribution in [1.29, 1.82) is 0 Å². The lowest BCUT2D eigenvalue weighted by atomic mass is 10.0. The summed E-state index contributed by atoms with van der Waals surface area (Å²) in [7, 11) is 0. The van der Waals surface area contributed by atoms with Crippen molar-refractivity contribution in [2.24, 2.45) is 0 Å². The van der Waals surface area contributed by atoms with Gasteiger partial charge in [-0.05, 0) is 274 Å². The van der Waals surface area contributed by atoms with Crippen LogP contribution in [0.3, 0.4) is 0 Å². The maximum atomic E-state index is 15.0. The Balaban J connectivity index is 0.691. The lowest BCUT2D eigenvalue weighted by molar-refractivity contribution is 0.107. The van der Waals surface area contributed by atoms with Crippen LogP contribution in [0.2, 0.25) is 0 Å². The van der Waals surface area contributed by atoms with Crippen molar-refractivity contribution in [3.63, 3.8) is 0 Å².